The summed E-state index contributed by atoms with van der Waals surface area (Å²) >= 11 is 1.75. The van der Waals surface area contributed by atoms with Crippen molar-refractivity contribution in [3.63, 3.8) is 0 Å². The Morgan fingerprint density at radius 1 is 1.35 bits per heavy atom. The first kappa shape index (κ1) is 17.1. The Kier molecular flexibility index (Phi) is 7.12. The number of hydrogen-bond donors (Lipinski definition) is 2. The number of sulfonamides is 1. The van der Waals surface area contributed by atoms with E-state index in [1.165, 1.54) is 0 Å². The minimum Gasteiger partial charge on any atom is -0.383 e. The van der Waals surface area contributed by atoms with Crippen molar-refractivity contribution >= 4 is 27.5 Å². The summed E-state index contributed by atoms with van der Waals surface area (Å²) in [7, 11) is -3.47. The number of thioether (sulfide) groups is 1. The highest BCUT2D eigenvalue weighted by atomic mass is 32.2. The van der Waals surface area contributed by atoms with E-state index in [1.807, 2.05) is 12.1 Å². The van der Waals surface area contributed by atoms with E-state index < -0.39 is 10.0 Å². The minimum atomic E-state index is -3.47. The van der Waals surface area contributed by atoms with Gasteiger partial charge in [0.05, 0.1) is 5.69 Å². The summed E-state index contributed by atoms with van der Waals surface area (Å²) in [5, 5.41) is 3.18. The van der Waals surface area contributed by atoms with E-state index in [0.29, 0.717) is 17.1 Å². The maximum Gasteiger partial charge on any atom is 0.242 e. The van der Waals surface area contributed by atoms with Gasteiger partial charge in [0.15, 0.2) is 0 Å². The summed E-state index contributed by atoms with van der Waals surface area (Å²) in [4.78, 5) is 0.294. The van der Waals surface area contributed by atoms with Crippen LogP contribution in [0.25, 0.3) is 0 Å². The van der Waals surface area contributed by atoms with Crippen molar-refractivity contribution < 1.29 is 8.42 Å². The van der Waals surface area contributed by atoms with Crippen LogP contribution in [0.1, 0.15) is 13.8 Å². The molecule has 0 heterocycles. The van der Waals surface area contributed by atoms with Crippen molar-refractivity contribution in [1.82, 2.24) is 4.72 Å². The molecule has 20 heavy (non-hydrogen) atoms. The van der Waals surface area contributed by atoms with Gasteiger partial charge in [-0.1, -0.05) is 18.2 Å². The molecule has 0 amide bonds. The smallest absolute Gasteiger partial charge is 0.242 e. The van der Waals surface area contributed by atoms with Gasteiger partial charge < -0.3 is 5.32 Å². The second-order valence-electron chi connectivity index (χ2n) is 4.56. The third-order valence-corrected chi connectivity index (χ3v) is 5.05. The van der Waals surface area contributed by atoms with Crippen LogP contribution in [0.2, 0.25) is 0 Å². The first-order chi connectivity index (χ1) is 9.47. The van der Waals surface area contributed by atoms with E-state index in [4.69, 9.17) is 0 Å². The molecule has 0 fully saturated rings. The van der Waals surface area contributed by atoms with Crippen molar-refractivity contribution in [1.29, 1.82) is 0 Å². The molecule has 112 valence electrons. The quantitative estimate of drug-likeness (QED) is 0.543. The minimum absolute atomic E-state index is 0.129. The lowest BCUT2D eigenvalue weighted by Crippen LogP contribution is -2.30. The summed E-state index contributed by atoms with van der Waals surface area (Å²) in [5.74, 6) is 1.80. The number of benzene rings is 1. The predicted octanol–water partition coefficient (Wildman–Crippen LogP) is 2.70. The van der Waals surface area contributed by atoms with Crippen LogP contribution < -0.4 is 10.0 Å². The summed E-state index contributed by atoms with van der Waals surface area (Å²) in [5.41, 5.74) is 0.639. The number of nitrogens with one attached hydrogen (secondary N) is 2. The summed E-state index contributed by atoms with van der Waals surface area (Å²) < 4.78 is 27.1. The molecule has 0 aromatic heterocycles. The molecule has 0 bridgehead atoms. The number of para-hydroxylation sites is 1. The third-order valence-electron chi connectivity index (χ3n) is 2.36. The molecule has 0 spiro atoms. The van der Waals surface area contributed by atoms with Crippen molar-refractivity contribution in [3.05, 3.63) is 36.9 Å². The Balaban J connectivity index is 2.75. The van der Waals surface area contributed by atoms with Crippen LogP contribution in [0.4, 0.5) is 5.69 Å². The molecule has 0 radical (unpaired) electrons. The normalized spacial score (nSPS) is 11.6. The average molecular weight is 314 g/mol. The average Bonchev–Trinajstić information content (AvgIpc) is 2.37. The van der Waals surface area contributed by atoms with Crippen molar-refractivity contribution in [2.45, 2.75) is 24.8 Å². The third kappa shape index (κ3) is 5.56. The first-order valence-electron chi connectivity index (χ1n) is 6.51. The van der Waals surface area contributed by atoms with Crippen LogP contribution >= 0.6 is 11.8 Å². The zero-order valence-electron chi connectivity index (χ0n) is 11.9. The van der Waals surface area contributed by atoms with Gasteiger partial charge in [0.1, 0.15) is 4.90 Å². The second-order valence-corrected chi connectivity index (χ2v) is 7.39. The maximum absolute atomic E-state index is 12.2. The lowest BCUT2D eigenvalue weighted by molar-refractivity contribution is 0.570. The van der Waals surface area contributed by atoms with E-state index in [2.05, 4.69) is 16.6 Å². The Morgan fingerprint density at radius 2 is 2.05 bits per heavy atom. The van der Waals surface area contributed by atoms with Gasteiger partial charge in [-0.05, 0) is 26.0 Å². The summed E-state index contributed by atoms with van der Waals surface area (Å²) in [6.07, 6.45) is 1.86. The Hall–Kier alpha value is -0.980. The first-order valence-corrected chi connectivity index (χ1v) is 9.15. The van der Waals surface area contributed by atoms with E-state index in [0.717, 1.165) is 11.5 Å². The van der Waals surface area contributed by atoms with Crippen LogP contribution in [0.3, 0.4) is 0 Å². The summed E-state index contributed by atoms with van der Waals surface area (Å²) in [6.45, 7) is 7.99. The molecule has 0 saturated carbocycles. The second kappa shape index (κ2) is 8.34. The Bertz CT molecular complexity index is 528. The van der Waals surface area contributed by atoms with E-state index in [1.54, 1.807) is 43.8 Å². The van der Waals surface area contributed by atoms with Gasteiger partial charge in [-0.3, -0.25) is 0 Å². The lowest BCUT2D eigenvalue weighted by Gasteiger charge is -2.14. The van der Waals surface area contributed by atoms with Gasteiger partial charge >= 0.3 is 0 Å². The highest BCUT2D eigenvalue weighted by Gasteiger charge is 2.18. The van der Waals surface area contributed by atoms with Crippen molar-refractivity contribution in [2.75, 3.05) is 23.4 Å². The fourth-order valence-corrected chi connectivity index (χ4v) is 3.66. The fraction of sp³-hybridized carbons (Fsp3) is 0.429. The molecule has 1 aromatic rings. The van der Waals surface area contributed by atoms with Crippen molar-refractivity contribution in [3.8, 4) is 0 Å². The molecular formula is C14H22N2O2S2. The van der Waals surface area contributed by atoms with Gasteiger partial charge in [-0.25, -0.2) is 13.1 Å². The van der Waals surface area contributed by atoms with Gasteiger partial charge in [0.25, 0.3) is 0 Å². The molecule has 0 aliphatic rings. The van der Waals surface area contributed by atoms with Crippen LogP contribution in [0, 0.1) is 0 Å². The highest BCUT2D eigenvalue weighted by molar-refractivity contribution is 7.99. The molecule has 2 N–H and O–H groups in total. The highest BCUT2D eigenvalue weighted by Crippen LogP contribution is 2.20. The van der Waals surface area contributed by atoms with Crippen LogP contribution in [-0.2, 0) is 10.0 Å². The molecule has 0 atom stereocenters. The van der Waals surface area contributed by atoms with Gasteiger partial charge in [-0.15, -0.1) is 6.58 Å². The number of anilines is 1. The molecule has 0 unspecified atom stereocenters. The number of rotatable bonds is 9. The van der Waals surface area contributed by atoms with Crippen LogP contribution in [0.5, 0.6) is 0 Å². The predicted molar refractivity (Wildman–Crippen MR) is 87.9 cm³/mol. The SMILES string of the molecule is C=CCSCCNc1ccccc1S(=O)(=O)NC(C)C. The topological polar surface area (TPSA) is 58.2 Å². The standard InChI is InChI=1S/C14H22N2O2S2/c1-4-10-19-11-9-15-13-7-5-6-8-14(13)20(17,18)16-12(2)3/h4-8,12,15-16H,1,9-11H2,2-3H3. The van der Waals surface area contributed by atoms with Crippen molar-refractivity contribution in [2.24, 2.45) is 0 Å². The van der Waals surface area contributed by atoms with Gasteiger partial charge in [0.2, 0.25) is 10.0 Å². The van der Waals surface area contributed by atoms with E-state index in [9.17, 15) is 8.42 Å². The largest absolute Gasteiger partial charge is 0.383 e. The molecule has 0 aliphatic carbocycles. The van der Waals surface area contributed by atoms with Gasteiger partial charge in [-0.2, -0.15) is 11.8 Å². The molecule has 4 nitrogen and oxygen atoms in total. The Morgan fingerprint density at radius 3 is 2.70 bits per heavy atom. The molecule has 1 aromatic carbocycles. The monoisotopic (exact) mass is 314 g/mol. The van der Waals surface area contributed by atoms with Crippen LogP contribution in [0.15, 0.2) is 41.8 Å². The summed E-state index contributed by atoms with van der Waals surface area (Å²) in [6, 6.07) is 6.83. The fourth-order valence-electron chi connectivity index (χ4n) is 1.65. The molecule has 6 heteroatoms. The molecule has 0 saturated heterocycles. The zero-order valence-corrected chi connectivity index (χ0v) is 13.6. The molecular weight excluding hydrogens is 292 g/mol. The zero-order chi connectivity index (χ0) is 15.0. The van der Waals surface area contributed by atoms with Crippen LogP contribution in [-0.4, -0.2) is 32.5 Å². The van der Waals surface area contributed by atoms with E-state index in [-0.39, 0.29) is 6.04 Å². The maximum atomic E-state index is 12.2. The molecule has 1 rings (SSSR count). The van der Waals surface area contributed by atoms with Gasteiger partial charge in [0, 0.05) is 24.1 Å². The number of hydrogen-bond acceptors (Lipinski definition) is 4. The lowest BCUT2D eigenvalue weighted by atomic mass is 10.3. The molecule has 0 aliphatic heterocycles. The Labute approximate surface area is 126 Å². The van der Waals surface area contributed by atoms with E-state index >= 15 is 0 Å².